The van der Waals surface area contributed by atoms with Crippen molar-refractivity contribution in [3.63, 3.8) is 0 Å². The van der Waals surface area contributed by atoms with E-state index >= 15 is 0 Å². The van der Waals surface area contributed by atoms with Gasteiger partial charge in [-0.05, 0) is 30.5 Å². The highest BCUT2D eigenvalue weighted by Crippen LogP contribution is 2.29. The van der Waals surface area contributed by atoms with Crippen molar-refractivity contribution >= 4 is 6.03 Å². The first kappa shape index (κ1) is 14.0. The van der Waals surface area contributed by atoms with Gasteiger partial charge in [-0.15, -0.1) is 0 Å². The number of rotatable bonds is 3. The van der Waals surface area contributed by atoms with Crippen LogP contribution in [0.5, 0.6) is 0 Å². The van der Waals surface area contributed by atoms with E-state index in [0.29, 0.717) is 12.6 Å². The fourth-order valence-corrected chi connectivity index (χ4v) is 3.83. The summed E-state index contributed by atoms with van der Waals surface area (Å²) in [7, 11) is 0. The zero-order chi connectivity index (χ0) is 15.1. The van der Waals surface area contributed by atoms with Crippen molar-refractivity contribution in [3.05, 3.63) is 35.6 Å². The van der Waals surface area contributed by atoms with Crippen LogP contribution in [0.2, 0.25) is 0 Å². The van der Waals surface area contributed by atoms with Gasteiger partial charge in [0.2, 0.25) is 0 Å². The fourth-order valence-electron chi connectivity index (χ4n) is 3.83. The van der Waals surface area contributed by atoms with Gasteiger partial charge in [0.15, 0.2) is 0 Å². The highest BCUT2D eigenvalue weighted by molar-refractivity contribution is 5.77. The third-order valence-electron chi connectivity index (χ3n) is 5.34. The quantitative estimate of drug-likeness (QED) is 0.856. The summed E-state index contributed by atoms with van der Waals surface area (Å²) in [4.78, 5) is 19.0. The van der Waals surface area contributed by atoms with Gasteiger partial charge in [0.05, 0.1) is 6.04 Å². The number of hydrogen-bond donors (Lipinski definition) is 0. The van der Waals surface area contributed by atoms with Crippen LogP contribution in [0.1, 0.15) is 24.8 Å². The SMILES string of the molecule is O=C1N(Cc2ccc(F)cc2)C[C@H]2CN(C3CCC3)CCN12. The van der Waals surface area contributed by atoms with Crippen LogP contribution < -0.4 is 0 Å². The molecule has 4 nitrogen and oxygen atoms in total. The number of amides is 2. The number of carbonyl (C=O) groups excluding carboxylic acids is 1. The second-order valence-electron chi connectivity index (χ2n) is 6.72. The van der Waals surface area contributed by atoms with Crippen molar-refractivity contribution in [3.8, 4) is 0 Å². The highest BCUT2D eigenvalue weighted by Gasteiger charge is 2.42. The number of nitrogens with zero attached hydrogens (tertiary/aromatic N) is 3. The molecule has 0 N–H and O–H groups in total. The van der Waals surface area contributed by atoms with Gasteiger partial charge in [0, 0.05) is 38.8 Å². The Balaban J connectivity index is 1.41. The molecular weight excluding hydrogens is 281 g/mol. The van der Waals surface area contributed by atoms with Crippen molar-refractivity contribution in [2.45, 2.75) is 37.9 Å². The normalized spacial score (nSPS) is 26.2. The number of fused-ring (bicyclic) bond motifs is 1. The van der Waals surface area contributed by atoms with Crippen molar-refractivity contribution in [1.29, 1.82) is 0 Å². The maximum atomic E-state index is 13.0. The zero-order valence-corrected chi connectivity index (χ0v) is 12.7. The van der Waals surface area contributed by atoms with Crippen LogP contribution >= 0.6 is 0 Å². The number of urea groups is 1. The van der Waals surface area contributed by atoms with E-state index in [4.69, 9.17) is 0 Å². The minimum atomic E-state index is -0.231. The Hall–Kier alpha value is -1.62. The minimum absolute atomic E-state index is 0.141. The van der Waals surface area contributed by atoms with Crippen LogP contribution in [0.15, 0.2) is 24.3 Å². The first-order valence-electron chi connectivity index (χ1n) is 8.25. The first-order chi connectivity index (χ1) is 10.7. The first-order valence-corrected chi connectivity index (χ1v) is 8.25. The molecule has 2 aliphatic heterocycles. The van der Waals surface area contributed by atoms with E-state index in [2.05, 4.69) is 4.90 Å². The fraction of sp³-hybridized carbons (Fsp3) is 0.588. The van der Waals surface area contributed by atoms with Gasteiger partial charge in [0.25, 0.3) is 0 Å². The van der Waals surface area contributed by atoms with E-state index in [9.17, 15) is 9.18 Å². The van der Waals surface area contributed by atoms with Crippen LogP contribution in [-0.2, 0) is 6.54 Å². The van der Waals surface area contributed by atoms with Gasteiger partial charge in [-0.3, -0.25) is 4.90 Å². The van der Waals surface area contributed by atoms with E-state index in [1.807, 2.05) is 9.80 Å². The average Bonchev–Trinajstić information content (AvgIpc) is 2.76. The molecule has 3 fully saturated rings. The van der Waals surface area contributed by atoms with Crippen LogP contribution in [0.25, 0.3) is 0 Å². The Morgan fingerprint density at radius 2 is 1.82 bits per heavy atom. The van der Waals surface area contributed by atoms with Gasteiger partial charge >= 0.3 is 6.03 Å². The molecule has 118 valence electrons. The van der Waals surface area contributed by atoms with Crippen LogP contribution in [-0.4, -0.2) is 59.0 Å². The van der Waals surface area contributed by atoms with Crippen LogP contribution in [0.4, 0.5) is 9.18 Å². The summed E-state index contributed by atoms with van der Waals surface area (Å²) < 4.78 is 13.0. The van der Waals surface area contributed by atoms with Gasteiger partial charge in [-0.1, -0.05) is 18.6 Å². The van der Waals surface area contributed by atoms with E-state index in [-0.39, 0.29) is 11.8 Å². The third kappa shape index (κ3) is 2.47. The summed E-state index contributed by atoms with van der Waals surface area (Å²) in [5.74, 6) is -0.231. The number of carbonyl (C=O) groups is 1. The molecule has 2 heterocycles. The van der Waals surface area contributed by atoms with E-state index in [1.54, 1.807) is 12.1 Å². The smallest absolute Gasteiger partial charge is 0.318 e. The molecule has 3 aliphatic rings. The molecule has 0 spiro atoms. The van der Waals surface area contributed by atoms with Gasteiger partial charge < -0.3 is 9.80 Å². The number of piperazine rings is 1. The Morgan fingerprint density at radius 1 is 1.05 bits per heavy atom. The molecular formula is C17H22FN3O. The Kier molecular flexibility index (Phi) is 3.53. The topological polar surface area (TPSA) is 26.8 Å². The number of hydrogen-bond acceptors (Lipinski definition) is 2. The molecule has 0 radical (unpaired) electrons. The molecule has 4 rings (SSSR count). The summed E-state index contributed by atoms with van der Waals surface area (Å²) in [5.41, 5.74) is 0.991. The largest absolute Gasteiger partial charge is 0.320 e. The molecule has 1 saturated carbocycles. The molecule has 2 amide bonds. The Labute approximate surface area is 130 Å². The molecule has 0 bridgehead atoms. The summed E-state index contributed by atoms with van der Waals surface area (Å²) in [6, 6.07) is 7.66. The van der Waals surface area contributed by atoms with Gasteiger partial charge in [-0.25, -0.2) is 9.18 Å². The number of benzene rings is 1. The molecule has 1 aromatic rings. The zero-order valence-electron chi connectivity index (χ0n) is 12.7. The Bertz CT molecular complexity index is 558. The second-order valence-corrected chi connectivity index (χ2v) is 6.72. The van der Waals surface area contributed by atoms with Gasteiger partial charge in [0.1, 0.15) is 5.82 Å². The lowest BCUT2D eigenvalue weighted by Crippen LogP contribution is -2.56. The summed E-state index contributed by atoms with van der Waals surface area (Å²) in [6.07, 6.45) is 3.99. The second kappa shape index (κ2) is 5.54. The molecule has 0 aromatic heterocycles. The standard InChI is InChI=1S/C17H22FN3O/c18-14-6-4-13(5-7-14)10-20-12-16-11-19(15-2-1-3-15)8-9-21(16)17(20)22/h4-7,15-16H,1-3,8-12H2/t16-/m1/s1. The highest BCUT2D eigenvalue weighted by atomic mass is 19.1. The van der Waals surface area contributed by atoms with Crippen molar-refractivity contribution in [2.75, 3.05) is 26.2 Å². The molecule has 1 aromatic carbocycles. The predicted octanol–water partition coefficient (Wildman–Crippen LogP) is 2.30. The summed E-state index contributed by atoms with van der Waals surface area (Å²) in [6.45, 7) is 4.24. The lowest BCUT2D eigenvalue weighted by Gasteiger charge is -2.44. The maximum Gasteiger partial charge on any atom is 0.320 e. The summed E-state index contributed by atoms with van der Waals surface area (Å²) >= 11 is 0. The van der Waals surface area contributed by atoms with E-state index < -0.39 is 0 Å². The maximum absolute atomic E-state index is 13.0. The lowest BCUT2D eigenvalue weighted by molar-refractivity contribution is 0.0558. The van der Waals surface area contributed by atoms with Crippen molar-refractivity contribution in [1.82, 2.24) is 14.7 Å². The lowest BCUT2D eigenvalue weighted by atomic mass is 9.90. The van der Waals surface area contributed by atoms with E-state index in [1.165, 1.54) is 31.4 Å². The van der Waals surface area contributed by atoms with E-state index in [0.717, 1.165) is 37.8 Å². The molecule has 22 heavy (non-hydrogen) atoms. The molecule has 1 aliphatic carbocycles. The minimum Gasteiger partial charge on any atom is -0.318 e. The predicted molar refractivity (Wildman–Crippen MR) is 81.9 cm³/mol. The van der Waals surface area contributed by atoms with Crippen molar-refractivity contribution < 1.29 is 9.18 Å². The molecule has 5 heteroatoms. The third-order valence-corrected chi connectivity index (χ3v) is 5.34. The molecule has 1 atom stereocenters. The average molecular weight is 303 g/mol. The molecule has 2 saturated heterocycles. The molecule has 0 unspecified atom stereocenters. The Morgan fingerprint density at radius 3 is 2.50 bits per heavy atom. The van der Waals surface area contributed by atoms with Crippen LogP contribution in [0.3, 0.4) is 0 Å². The van der Waals surface area contributed by atoms with Crippen LogP contribution in [0, 0.1) is 5.82 Å². The number of halogens is 1. The monoisotopic (exact) mass is 303 g/mol. The van der Waals surface area contributed by atoms with Crippen molar-refractivity contribution in [2.24, 2.45) is 0 Å². The van der Waals surface area contributed by atoms with Gasteiger partial charge in [-0.2, -0.15) is 0 Å². The summed E-state index contributed by atoms with van der Waals surface area (Å²) in [5, 5.41) is 0.